The van der Waals surface area contributed by atoms with Crippen molar-refractivity contribution in [3.8, 4) is 0 Å². The fraction of sp³-hybridized carbons (Fsp3) is 0.556. The molecule has 23 heavy (non-hydrogen) atoms. The van der Waals surface area contributed by atoms with E-state index in [0.717, 1.165) is 12.8 Å². The zero-order valence-corrected chi connectivity index (χ0v) is 15.0. The van der Waals surface area contributed by atoms with Crippen molar-refractivity contribution in [2.45, 2.75) is 52.5 Å². The van der Waals surface area contributed by atoms with E-state index in [1.807, 2.05) is 6.92 Å². The first-order valence-electron chi connectivity index (χ1n) is 8.21. The van der Waals surface area contributed by atoms with E-state index in [4.69, 9.17) is 11.6 Å². The Morgan fingerprint density at radius 3 is 2.35 bits per heavy atom. The molecule has 0 saturated carbocycles. The third-order valence-electron chi connectivity index (χ3n) is 3.57. The lowest BCUT2D eigenvalue weighted by Gasteiger charge is -2.14. The summed E-state index contributed by atoms with van der Waals surface area (Å²) in [6.45, 7) is 6.75. The predicted octanol–water partition coefficient (Wildman–Crippen LogP) is 3.79. The molecule has 0 saturated heterocycles. The van der Waals surface area contributed by atoms with E-state index in [1.54, 1.807) is 24.3 Å². The Balaban J connectivity index is 2.20. The number of halogens is 1. The van der Waals surface area contributed by atoms with Gasteiger partial charge in [0.05, 0.1) is 0 Å². The van der Waals surface area contributed by atoms with Crippen molar-refractivity contribution in [2.75, 3.05) is 6.54 Å². The van der Waals surface area contributed by atoms with Gasteiger partial charge in [-0.05, 0) is 43.5 Å². The van der Waals surface area contributed by atoms with Crippen molar-refractivity contribution in [1.29, 1.82) is 0 Å². The average molecular weight is 339 g/mol. The number of hydrogen-bond acceptors (Lipinski definition) is 2. The average Bonchev–Trinajstić information content (AvgIpc) is 2.47. The molecule has 0 radical (unpaired) electrons. The van der Waals surface area contributed by atoms with E-state index in [-0.39, 0.29) is 24.3 Å². The first-order chi connectivity index (χ1) is 10.9. The van der Waals surface area contributed by atoms with Crippen LogP contribution in [0.5, 0.6) is 0 Å². The van der Waals surface area contributed by atoms with Crippen molar-refractivity contribution in [3.05, 3.63) is 34.9 Å². The molecule has 0 unspecified atom stereocenters. The number of carbonyl (C=O) groups is 2. The van der Waals surface area contributed by atoms with Crippen molar-refractivity contribution >= 4 is 23.4 Å². The maximum Gasteiger partial charge on any atom is 0.251 e. The number of carbonyl (C=O) groups excluding carboxylic acids is 2. The van der Waals surface area contributed by atoms with Crippen molar-refractivity contribution < 1.29 is 9.59 Å². The highest BCUT2D eigenvalue weighted by molar-refractivity contribution is 6.30. The van der Waals surface area contributed by atoms with Crippen molar-refractivity contribution in [3.63, 3.8) is 0 Å². The Kier molecular flexibility index (Phi) is 8.70. The lowest BCUT2D eigenvalue weighted by molar-refractivity contribution is -0.121. The van der Waals surface area contributed by atoms with E-state index in [9.17, 15) is 9.59 Å². The summed E-state index contributed by atoms with van der Waals surface area (Å²) in [5, 5.41) is 6.29. The molecule has 0 bridgehead atoms. The van der Waals surface area contributed by atoms with Gasteiger partial charge in [-0.25, -0.2) is 0 Å². The topological polar surface area (TPSA) is 58.2 Å². The summed E-state index contributed by atoms with van der Waals surface area (Å²) in [7, 11) is 0. The Hall–Kier alpha value is -1.55. The van der Waals surface area contributed by atoms with Gasteiger partial charge in [0, 0.05) is 29.6 Å². The van der Waals surface area contributed by atoms with Gasteiger partial charge in [-0.2, -0.15) is 0 Å². The van der Waals surface area contributed by atoms with E-state index in [0.29, 0.717) is 23.0 Å². The van der Waals surface area contributed by atoms with Crippen molar-refractivity contribution in [1.82, 2.24) is 10.6 Å². The van der Waals surface area contributed by atoms with Crippen LogP contribution in [0.1, 0.15) is 56.8 Å². The van der Waals surface area contributed by atoms with Gasteiger partial charge in [-0.15, -0.1) is 0 Å². The fourth-order valence-corrected chi connectivity index (χ4v) is 2.37. The zero-order chi connectivity index (χ0) is 17.2. The third-order valence-corrected chi connectivity index (χ3v) is 3.82. The number of hydrogen-bond donors (Lipinski definition) is 2. The first kappa shape index (κ1) is 19.5. The molecule has 2 amide bonds. The molecule has 0 fully saturated rings. The number of amides is 2. The first-order valence-corrected chi connectivity index (χ1v) is 8.59. The molecule has 1 rings (SSSR count). The maximum atomic E-state index is 11.9. The third kappa shape index (κ3) is 8.60. The Morgan fingerprint density at radius 2 is 1.74 bits per heavy atom. The lowest BCUT2D eigenvalue weighted by Crippen LogP contribution is -2.35. The van der Waals surface area contributed by atoms with Gasteiger partial charge in [0.15, 0.2) is 0 Å². The molecule has 0 aliphatic carbocycles. The number of nitrogens with one attached hydrogen (secondary N) is 2. The van der Waals surface area contributed by atoms with Gasteiger partial charge in [-0.3, -0.25) is 9.59 Å². The number of benzene rings is 1. The highest BCUT2D eigenvalue weighted by Gasteiger charge is 2.09. The molecule has 0 heterocycles. The van der Waals surface area contributed by atoms with Crippen LogP contribution in [0.25, 0.3) is 0 Å². The van der Waals surface area contributed by atoms with Gasteiger partial charge in [0.2, 0.25) is 5.91 Å². The molecule has 128 valence electrons. The smallest absolute Gasteiger partial charge is 0.251 e. The summed E-state index contributed by atoms with van der Waals surface area (Å²) in [5.41, 5.74) is 0.539. The molecule has 0 aliphatic heterocycles. The molecule has 0 spiro atoms. The van der Waals surface area contributed by atoms with Crippen LogP contribution in [0.4, 0.5) is 0 Å². The van der Waals surface area contributed by atoms with E-state index >= 15 is 0 Å². The van der Waals surface area contributed by atoms with Gasteiger partial charge < -0.3 is 10.6 Å². The summed E-state index contributed by atoms with van der Waals surface area (Å²) in [6, 6.07) is 6.83. The van der Waals surface area contributed by atoms with Crippen LogP contribution in [0.3, 0.4) is 0 Å². The van der Waals surface area contributed by atoms with Gasteiger partial charge in [0.25, 0.3) is 5.91 Å². The van der Waals surface area contributed by atoms with Gasteiger partial charge >= 0.3 is 0 Å². The van der Waals surface area contributed by atoms with E-state index < -0.39 is 0 Å². The highest BCUT2D eigenvalue weighted by Crippen LogP contribution is 2.09. The lowest BCUT2D eigenvalue weighted by atomic mass is 10.0. The van der Waals surface area contributed by atoms with Crippen LogP contribution in [-0.2, 0) is 4.79 Å². The molecule has 0 aromatic heterocycles. The van der Waals surface area contributed by atoms with Crippen LogP contribution >= 0.6 is 11.6 Å². The molecule has 1 aromatic rings. The second-order valence-electron chi connectivity index (χ2n) is 6.31. The summed E-state index contributed by atoms with van der Waals surface area (Å²) in [4.78, 5) is 23.7. The number of rotatable bonds is 9. The molecule has 5 heteroatoms. The van der Waals surface area contributed by atoms with Crippen LogP contribution in [0.15, 0.2) is 24.3 Å². The summed E-state index contributed by atoms with van der Waals surface area (Å²) in [5.74, 6) is 0.471. The van der Waals surface area contributed by atoms with E-state index in [1.165, 1.54) is 6.42 Å². The highest BCUT2D eigenvalue weighted by atomic mass is 35.5. The standard InChI is InChI=1S/C18H27ClN2O2/c1-13(2)5-4-6-14(3)21-17(22)11-12-20-18(23)15-7-9-16(19)10-8-15/h7-10,13-14H,4-6,11-12H2,1-3H3,(H,20,23)(H,21,22)/t14-/m0/s1. The molecule has 1 atom stereocenters. The van der Waals surface area contributed by atoms with Crippen LogP contribution in [0.2, 0.25) is 5.02 Å². The summed E-state index contributed by atoms with van der Waals surface area (Å²) < 4.78 is 0. The molecule has 2 N–H and O–H groups in total. The second-order valence-corrected chi connectivity index (χ2v) is 6.74. The summed E-state index contributed by atoms with van der Waals surface area (Å²) >= 11 is 5.78. The maximum absolute atomic E-state index is 11.9. The summed E-state index contributed by atoms with van der Waals surface area (Å²) in [6.07, 6.45) is 3.57. The quantitative estimate of drug-likeness (QED) is 0.719. The van der Waals surface area contributed by atoms with Gasteiger partial charge in [-0.1, -0.05) is 38.3 Å². The predicted molar refractivity (Wildman–Crippen MR) is 94.7 cm³/mol. The SMILES string of the molecule is CC(C)CCC[C@H](C)NC(=O)CCNC(=O)c1ccc(Cl)cc1. The normalized spacial score (nSPS) is 12.0. The zero-order valence-electron chi connectivity index (χ0n) is 14.2. The van der Waals surface area contributed by atoms with Crippen molar-refractivity contribution in [2.24, 2.45) is 5.92 Å². The molecule has 1 aromatic carbocycles. The second kappa shape index (κ2) is 10.3. The van der Waals surface area contributed by atoms with Crippen LogP contribution < -0.4 is 10.6 Å². The minimum absolute atomic E-state index is 0.0292. The minimum Gasteiger partial charge on any atom is -0.354 e. The van der Waals surface area contributed by atoms with Crippen LogP contribution in [-0.4, -0.2) is 24.4 Å². The van der Waals surface area contributed by atoms with Crippen LogP contribution in [0, 0.1) is 5.92 Å². The minimum atomic E-state index is -0.195. The Morgan fingerprint density at radius 1 is 1.09 bits per heavy atom. The fourth-order valence-electron chi connectivity index (χ4n) is 2.24. The monoisotopic (exact) mass is 338 g/mol. The molecule has 4 nitrogen and oxygen atoms in total. The molecular weight excluding hydrogens is 312 g/mol. The largest absolute Gasteiger partial charge is 0.354 e. The Labute approximate surface area is 144 Å². The Bertz CT molecular complexity index is 500. The van der Waals surface area contributed by atoms with Gasteiger partial charge in [0.1, 0.15) is 0 Å². The van der Waals surface area contributed by atoms with E-state index in [2.05, 4.69) is 24.5 Å². The molecule has 0 aliphatic rings. The molecular formula is C18H27ClN2O2.